The molecule has 4 aliphatic rings. The predicted molar refractivity (Wildman–Crippen MR) is 148 cm³/mol. The predicted octanol–water partition coefficient (Wildman–Crippen LogP) is 7.98. The Hall–Kier alpha value is -3.33. The number of hydrogen-bond donors (Lipinski definition) is 0. The summed E-state index contributed by atoms with van der Waals surface area (Å²) >= 11 is 0. The van der Waals surface area contributed by atoms with Gasteiger partial charge in [-0.15, -0.1) is 0 Å². The Morgan fingerprint density at radius 3 is 2.27 bits per heavy atom. The third kappa shape index (κ3) is 5.09. The monoisotopic (exact) mass is 492 g/mol. The lowest BCUT2D eigenvalue weighted by molar-refractivity contribution is -0.137. The van der Waals surface area contributed by atoms with Gasteiger partial charge < -0.3 is 9.47 Å². The fourth-order valence-electron chi connectivity index (χ4n) is 7.60. The second-order valence-electron chi connectivity index (χ2n) is 11.4. The molecule has 4 bridgehead atoms. The number of rotatable bonds is 8. The molecule has 0 aromatic heterocycles. The smallest absolute Gasteiger partial charge is 0.330 e. The molecule has 0 aliphatic heterocycles. The second kappa shape index (κ2) is 10.2. The van der Waals surface area contributed by atoms with E-state index in [1.807, 2.05) is 19.1 Å². The Labute approximate surface area is 220 Å². The molecule has 3 heteroatoms. The van der Waals surface area contributed by atoms with Crippen LogP contribution in [0.1, 0.15) is 62.1 Å². The molecule has 0 heterocycles. The highest BCUT2D eigenvalue weighted by Gasteiger charge is 2.52. The van der Waals surface area contributed by atoms with Crippen molar-refractivity contribution < 1.29 is 14.3 Å². The Kier molecular flexibility index (Phi) is 6.63. The van der Waals surface area contributed by atoms with Gasteiger partial charge in [-0.2, -0.15) is 0 Å². The molecule has 37 heavy (non-hydrogen) atoms. The summed E-state index contributed by atoms with van der Waals surface area (Å²) < 4.78 is 11.6. The highest BCUT2D eigenvalue weighted by Crippen LogP contribution is 2.62. The maximum Gasteiger partial charge on any atom is 0.330 e. The summed E-state index contributed by atoms with van der Waals surface area (Å²) in [6.07, 6.45) is 11.5. The van der Waals surface area contributed by atoms with Gasteiger partial charge in [-0.3, -0.25) is 0 Å². The van der Waals surface area contributed by atoms with Crippen LogP contribution in [0.5, 0.6) is 5.75 Å². The lowest BCUT2D eigenvalue weighted by Gasteiger charge is -2.57. The SMILES string of the molecule is CCOC(=O)/C=C/c1cccc(-c2ccc(OCc3ccccc3)c(C34CC5CC(CC(C5)C3)C4)c2)c1. The Bertz CT molecular complexity index is 1250. The molecule has 4 saturated carbocycles. The first-order valence-corrected chi connectivity index (χ1v) is 13.9. The van der Waals surface area contributed by atoms with E-state index in [1.165, 1.54) is 61.3 Å². The van der Waals surface area contributed by atoms with Crippen LogP contribution >= 0.6 is 0 Å². The van der Waals surface area contributed by atoms with Crippen LogP contribution in [0.25, 0.3) is 17.2 Å². The van der Waals surface area contributed by atoms with Crippen LogP contribution in [0.15, 0.2) is 78.9 Å². The maximum absolute atomic E-state index is 11.8. The van der Waals surface area contributed by atoms with Crippen molar-refractivity contribution in [2.75, 3.05) is 6.61 Å². The normalized spacial score (nSPS) is 25.9. The molecular formula is C34H36O3. The average molecular weight is 493 g/mol. The van der Waals surface area contributed by atoms with Crippen LogP contribution < -0.4 is 4.74 Å². The number of hydrogen-bond acceptors (Lipinski definition) is 3. The van der Waals surface area contributed by atoms with E-state index in [2.05, 4.69) is 66.7 Å². The minimum Gasteiger partial charge on any atom is -0.489 e. The van der Waals surface area contributed by atoms with E-state index in [4.69, 9.17) is 9.47 Å². The van der Waals surface area contributed by atoms with E-state index < -0.39 is 0 Å². The van der Waals surface area contributed by atoms with E-state index in [0.717, 1.165) is 34.6 Å². The van der Waals surface area contributed by atoms with Gasteiger partial charge in [0, 0.05) is 11.6 Å². The van der Waals surface area contributed by atoms with E-state index in [-0.39, 0.29) is 11.4 Å². The minimum absolute atomic E-state index is 0.234. The second-order valence-corrected chi connectivity index (χ2v) is 11.4. The number of carbonyl (C=O) groups is 1. The Balaban J connectivity index is 1.34. The zero-order chi connectivity index (χ0) is 25.2. The molecule has 4 fully saturated rings. The van der Waals surface area contributed by atoms with Crippen LogP contribution in [0.2, 0.25) is 0 Å². The minimum atomic E-state index is -0.308. The molecule has 0 atom stereocenters. The van der Waals surface area contributed by atoms with Crippen molar-refractivity contribution in [2.45, 2.75) is 57.5 Å². The highest BCUT2D eigenvalue weighted by molar-refractivity contribution is 5.87. The Morgan fingerprint density at radius 1 is 0.865 bits per heavy atom. The lowest BCUT2D eigenvalue weighted by Crippen LogP contribution is -2.48. The van der Waals surface area contributed by atoms with Crippen molar-refractivity contribution in [1.82, 2.24) is 0 Å². The molecular weight excluding hydrogens is 456 g/mol. The molecule has 3 aromatic carbocycles. The van der Waals surface area contributed by atoms with Crippen molar-refractivity contribution in [3.63, 3.8) is 0 Å². The fourth-order valence-corrected chi connectivity index (χ4v) is 7.60. The van der Waals surface area contributed by atoms with Crippen molar-refractivity contribution in [3.05, 3.63) is 95.6 Å². The molecule has 0 spiro atoms. The van der Waals surface area contributed by atoms with Crippen LogP contribution in [-0.4, -0.2) is 12.6 Å². The summed E-state index contributed by atoms with van der Waals surface area (Å²) in [5.74, 6) is 3.35. The summed E-state index contributed by atoms with van der Waals surface area (Å²) in [7, 11) is 0. The average Bonchev–Trinajstić information content (AvgIpc) is 2.91. The van der Waals surface area contributed by atoms with E-state index >= 15 is 0 Å². The summed E-state index contributed by atoms with van der Waals surface area (Å²) in [4.78, 5) is 11.8. The molecule has 0 unspecified atom stereocenters. The fraction of sp³-hybridized carbons (Fsp3) is 0.382. The summed E-state index contributed by atoms with van der Waals surface area (Å²) in [5.41, 5.74) is 6.21. The molecule has 3 nitrogen and oxygen atoms in total. The van der Waals surface area contributed by atoms with E-state index in [0.29, 0.717) is 13.2 Å². The third-order valence-corrected chi connectivity index (χ3v) is 8.74. The number of ether oxygens (including phenoxy) is 2. The van der Waals surface area contributed by atoms with Gasteiger partial charge in [-0.05, 0) is 115 Å². The van der Waals surface area contributed by atoms with Crippen molar-refractivity contribution in [1.29, 1.82) is 0 Å². The van der Waals surface area contributed by atoms with Gasteiger partial charge in [0.1, 0.15) is 12.4 Å². The van der Waals surface area contributed by atoms with E-state index in [1.54, 1.807) is 0 Å². The lowest BCUT2D eigenvalue weighted by atomic mass is 9.48. The van der Waals surface area contributed by atoms with Gasteiger partial charge in [0.2, 0.25) is 0 Å². The molecule has 0 saturated heterocycles. The van der Waals surface area contributed by atoms with Gasteiger partial charge in [-0.1, -0.05) is 54.6 Å². The molecule has 3 aromatic rings. The number of benzene rings is 3. The molecule has 0 N–H and O–H groups in total. The molecule has 0 amide bonds. The van der Waals surface area contributed by atoms with Gasteiger partial charge in [0.15, 0.2) is 0 Å². The summed E-state index contributed by atoms with van der Waals surface area (Å²) in [6.45, 7) is 2.80. The van der Waals surface area contributed by atoms with Crippen molar-refractivity contribution >= 4 is 12.0 Å². The largest absolute Gasteiger partial charge is 0.489 e. The van der Waals surface area contributed by atoms with Crippen molar-refractivity contribution in [2.24, 2.45) is 17.8 Å². The first-order chi connectivity index (χ1) is 18.1. The first-order valence-electron chi connectivity index (χ1n) is 13.9. The number of carbonyl (C=O) groups excluding carboxylic acids is 1. The highest BCUT2D eigenvalue weighted by atomic mass is 16.5. The standard InChI is InChI=1S/C34H36O3/c1-2-36-33(35)14-11-24-9-6-10-29(18-24)30-12-13-32(37-23-25-7-4-3-5-8-25)31(19-30)34-20-26-15-27(21-34)17-28(16-26)22-34/h3-14,18-19,26-28H,2,15-17,20-23H2,1H3/b14-11+. The van der Waals surface area contributed by atoms with Crippen LogP contribution in [0.3, 0.4) is 0 Å². The zero-order valence-corrected chi connectivity index (χ0v) is 21.7. The topological polar surface area (TPSA) is 35.5 Å². The van der Waals surface area contributed by atoms with Crippen molar-refractivity contribution in [3.8, 4) is 16.9 Å². The quantitative estimate of drug-likeness (QED) is 0.236. The number of esters is 1. The summed E-state index contributed by atoms with van der Waals surface area (Å²) in [5, 5.41) is 0. The first kappa shape index (κ1) is 24.0. The van der Waals surface area contributed by atoms with Gasteiger partial charge in [0.05, 0.1) is 6.61 Å². The molecule has 0 radical (unpaired) electrons. The molecule has 190 valence electrons. The molecule has 4 aliphatic carbocycles. The van der Waals surface area contributed by atoms with Gasteiger partial charge in [-0.25, -0.2) is 4.79 Å². The Morgan fingerprint density at radius 2 is 1.57 bits per heavy atom. The third-order valence-electron chi connectivity index (χ3n) is 8.74. The maximum atomic E-state index is 11.8. The van der Waals surface area contributed by atoms with Gasteiger partial charge in [0.25, 0.3) is 0 Å². The molecule has 7 rings (SSSR count). The van der Waals surface area contributed by atoms with Crippen LogP contribution in [0.4, 0.5) is 0 Å². The zero-order valence-electron chi connectivity index (χ0n) is 21.7. The van der Waals surface area contributed by atoms with Crippen LogP contribution in [0, 0.1) is 17.8 Å². The van der Waals surface area contributed by atoms with E-state index in [9.17, 15) is 4.79 Å². The summed E-state index contributed by atoms with van der Waals surface area (Å²) in [6, 6.07) is 25.7. The van der Waals surface area contributed by atoms with Crippen LogP contribution in [-0.2, 0) is 21.6 Å². The van der Waals surface area contributed by atoms with Gasteiger partial charge >= 0.3 is 5.97 Å².